The number of anilines is 1. The average Bonchev–Trinajstić information content (AvgIpc) is 2.59. The van der Waals surface area contributed by atoms with Crippen molar-refractivity contribution in [3.63, 3.8) is 0 Å². The molecule has 0 aliphatic carbocycles. The highest BCUT2D eigenvalue weighted by Gasteiger charge is 2.39. The molecule has 0 unspecified atom stereocenters. The van der Waals surface area contributed by atoms with Crippen LogP contribution < -0.4 is 10.2 Å². The first-order valence-electron chi connectivity index (χ1n) is 9.42. The fourth-order valence-electron chi connectivity index (χ4n) is 4.21. The molecule has 2 saturated heterocycles. The van der Waals surface area contributed by atoms with E-state index in [1.165, 1.54) is 24.1 Å². The normalized spacial score (nSPS) is 20.4. The largest absolute Gasteiger partial charge is 0.370 e. The summed E-state index contributed by atoms with van der Waals surface area (Å²) in [5.74, 6) is 0.347. The van der Waals surface area contributed by atoms with E-state index in [0.717, 1.165) is 52.1 Å². The van der Waals surface area contributed by atoms with Gasteiger partial charge in [-0.2, -0.15) is 0 Å². The number of likely N-dealkylation sites (N-methyl/N-ethyl adjacent to an activating group) is 1. The molecule has 132 valence electrons. The maximum atomic E-state index is 12.4. The number of rotatable bonds is 5. The van der Waals surface area contributed by atoms with Crippen LogP contribution in [0, 0.1) is 12.3 Å². The zero-order chi connectivity index (χ0) is 17.0. The van der Waals surface area contributed by atoms with E-state index in [2.05, 4.69) is 53.2 Å². The third-order valence-electron chi connectivity index (χ3n) is 5.80. The first-order valence-corrected chi connectivity index (χ1v) is 9.42. The van der Waals surface area contributed by atoms with Crippen LogP contribution in [-0.4, -0.2) is 50.1 Å². The van der Waals surface area contributed by atoms with E-state index in [1.54, 1.807) is 0 Å². The molecule has 4 nitrogen and oxygen atoms in total. The molecule has 24 heavy (non-hydrogen) atoms. The topological polar surface area (TPSA) is 35.6 Å². The van der Waals surface area contributed by atoms with Gasteiger partial charge in [-0.25, -0.2) is 0 Å². The van der Waals surface area contributed by atoms with Crippen LogP contribution in [0.15, 0.2) is 24.3 Å². The van der Waals surface area contributed by atoms with Crippen molar-refractivity contribution in [2.45, 2.75) is 39.5 Å². The Morgan fingerprint density at radius 1 is 1.25 bits per heavy atom. The molecule has 0 bridgehead atoms. The average molecular weight is 329 g/mol. The van der Waals surface area contributed by atoms with Crippen LogP contribution in [0.25, 0.3) is 0 Å². The number of carbonyl (C=O) groups is 1. The third kappa shape index (κ3) is 3.92. The fraction of sp³-hybridized carbons (Fsp3) is 0.650. The minimum Gasteiger partial charge on any atom is -0.370 e. The second-order valence-corrected chi connectivity index (χ2v) is 7.48. The fourth-order valence-corrected chi connectivity index (χ4v) is 4.21. The Labute approximate surface area is 146 Å². The number of piperidine rings is 2. The van der Waals surface area contributed by atoms with Gasteiger partial charge in [0.05, 0.1) is 0 Å². The second-order valence-electron chi connectivity index (χ2n) is 7.48. The SMILES string of the molecule is CCN(CCN1CC2(CCNCC2)CCC1=O)c1cccc(C)c1. The van der Waals surface area contributed by atoms with E-state index in [9.17, 15) is 4.79 Å². The molecule has 0 radical (unpaired) electrons. The van der Waals surface area contributed by atoms with Crippen LogP contribution in [0.3, 0.4) is 0 Å². The van der Waals surface area contributed by atoms with Crippen LogP contribution in [0.5, 0.6) is 0 Å². The number of hydrogen-bond acceptors (Lipinski definition) is 3. The van der Waals surface area contributed by atoms with Crippen LogP contribution in [0.1, 0.15) is 38.2 Å². The van der Waals surface area contributed by atoms with E-state index in [0.29, 0.717) is 11.3 Å². The summed E-state index contributed by atoms with van der Waals surface area (Å²) in [6.07, 6.45) is 4.24. The number of carbonyl (C=O) groups excluding carboxylic acids is 1. The summed E-state index contributed by atoms with van der Waals surface area (Å²) in [4.78, 5) is 16.9. The summed E-state index contributed by atoms with van der Waals surface area (Å²) in [7, 11) is 0. The van der Waals surface area contributed by atoms with Crippen LogP contribution in [0.4, 0.5) is 5.69 Å². The van der Waals surface area contributed by atoms with Gasteiger partial charge in [-0.3, -0.25) is 4.79 Å². The van der Waals surface area contributed by atoms with Crippen LogP contribution in [-0.2, 0) is 4.79 Å². The number of amides is 1. The number of nitrogens with one attached hydrogen (secondary N) is 1. The molecule has 2 aliphatic heterocycles. The zero-order valence-corrected chi connectivity index (χ0v) is 15.2. The van der Waals surface area contributed by atoms with Gasteiger partial charge in [-0.15, -0.1) is 0 Å². The van der Waals surface area contributed by atoms with E-state index < -0.39 is 0 Å². The lowest BCUT2D eigenvalue weighted by Crippen LogP contribution is -2.52. The lowest BCUT2D eigenvalue weighted by atomic mass is 9.73. The summed E-state index contributed by atoms with van der Waals surface area (Å²) < 4.78 is 0. The van der Waals surface area contributed by atoms with Crippen molar-refractivity contribution in [2.24, 2.45) is 5.41 Å². The van der Waals surface area contributed by atoms with Crippen molar-refractivity contribution < 1.29 is 4.79 Å². The Balaban J connectivity index is 1.62. The molecule has 1 spiro atoms. The lowest BCUT2D eigenvalue weighted by molar-refractivity contribution is -0.138. The maximum Gasteiger partial charge on any atom is 0.222 e. The Kier molecular flexibility index (Phi) is 5.44. The Bertz CT molecular complexity index is 566. The Hall–Kier alpha value is -1.55. The number of aryl methyl sites for hydroxylation is 1. The molecule has 0 atom stereocenters. The predicted molar refractivity (Wildman–Crippen MR) is 99.4 cm³/mol. The quantitative estimate of drug-likeness (QED) is 0.902. The standard InChI is InChI=1S/C20H31N3O/c1-3-22(18-6-4-5-17(2)15-18)13-14-23-16-20(8-7-19(23)24)9-11-21-12-10-20/h4-6,15,21H,3,7-14,16H2,1-2H3. The van der Waals surface area contributed by atoms with E-state index in [4.69, 9.17) is 0 Å². The Morgan fingerprint density at radius 3 is 2.75 bits per heavy atom. The van der Waals surface area contributed by atoms with E-state index in [1.807, 2.05) is 0 Å². The van der Waals surface area contributed by atoms with Crippen molar-refractivity contribution in [1.82, 2.24) is 10.2 Å². The molecule has 4 heteroatoms. The predicted octanol–water partition coefficient (Wildman–Crippen LogP) is 2.81. The van der Waals surface area contributed by atoms with Crippen molar-refractivity contribution >= 4 is 11.6 Å². The smallest absolute Gasteiger partial charge is 0.222 e. The number of hydrogen-bond donors (Lipinski definition) is 1. The third-order valence-corrected chi connectivity index (χ3v) is 5.80. The first-order chi connectivity index (χ1) is 11.6. The highest BCUT2D eigenvalue weighted by molar-refractivity contribution is 5.77. The molecule has 0 aromatic heterocycles. The molecule has 3 rings (SSSR count). The molecule has 1 amide bonds. The van der Waals surface area contributed by atoms with Crippen LogP contribution >= 0.6 is 0 Å². The summed E-state index contributed by atoms with van der Waals surface area (Å²) in [6, 6.07) is 8.65. The van der Waals surface area contributed by atoms with Crippen molar-refractivity contribution in [3.05, 3.63) is 29.8 Å². The molecule has 1 aromatic rings. The summed E-state index contributed by atoms with van der Waals surface area (Å²) in [5, 5.41) is 3.46. The van der Waals surface area contributed by atoms with Crippen molar-refractivity contribution in [3.8, 4) is 0 Å². The number of likely N-dealkylation sites (tertiary alicyclic amines) is 1. The molecule has 2 fully saturated rings. The second kappa shape index (κ2) is 7.56. The van der Waals surface area contributed by atoms with Gasteiger partial charge in [0.2, 0.25) is 5.91 Å². The Morgan fingerprint density at radius 2 is 2.04 bits per heavy atom. The van der Waals surface area contributed by atoms with Crippen molar-refractivity contribution in [1.29, 1.82) is 0 Å². The molecular weight excluding hydrogens is 298 g/mol. The van der Waals surface area contributed by atoms with Gasteiger partial charge >= 0.3 is 0 Å². The lowest BCUT2D eigenvalue weighted by Gasteiger charge is -2.45. The summed E-state index contributed by atoms with van der Waals surface area (Å²) in [6.45, 7) is 10.2. The summed E-state index contributed by atoms with van der Waals surface area (Å²) >= 11 is 0. The molecule has 1 N–H and O–H groups in total. The highest BCUT2D eigenvalue weighted by Crippen LogP contribution is 2.38. The van der Waals surface area contributed by atoms with Gasteiger partial charge in [0, 0.05) is 38.3 Å². The molecular formula is C20H31N3O. The molecule has 2 heterocycles. The zero-order valence-electron chi connectivity index (χ0n) is 15.2. The minimum atomic E-state index is 0.347. The summed E-state index contributed by atoms with van der Waals surface area (Å²) in [5.41, 5.74) is 2.92. The molecule has 0 saturated carbocycles. The van der Waals surface area contributed by atoms with Crippen LogP contribution in [0.2, 0.25) is 0 Å². The minimum absolute atomic E-state index is 0.347. The van der Waals surface area contributed by atoms with E-state index in [-0.39, 0.29) is 0 Å². The van der Waals surface area contributed by atoms with Gasteiger partial charge < -0.3 is 15.1 Å². The number of benzene rings is 1. The van der Waals surface area contributed by atoms with Gasteiger partial charge in [-0.1, -0.05) is 12.1 Å². The maximum absolute atomic E-state index is 12.4. The van der Waals surface area contributed by atoms with Gasteiger partial charge in [0.25, 0.3) is 0 Å². The molecule has 2 aliphatic rings. The monoisotopic (exact) mass is 329 g/mol. The highest BCUT2D eigenvalue weighted by atomic mass is 16.2. The van der Waals surface area contributed by atoms with Crippen molar-refractivity contribution in [2.75, 3.05) is 44.2 Å². The molecule has 1 aromatic carbocycles. The van der Waals surface area contributed by atoms with Gasteiger partial charge in [0.1, 0.15) is 0 Å². The van der Waals surface area contributed by atoms with Gasteiger partial charge in [0.15, 0.2) is 0 Å². The van der Waals surface area contributed by atoms with E-state index >= 15 is 0 Å². The number of nitrogens with zero attached hydrogens (tertiary/aromatic N) is 2. The van der Waals surface area contributed by atoms with Gasteiger partial charge in [-0.05, 0) is 69.3 Å². The first kappa shape index (κ1) is 17.3.